The summed E-state index contributed by atoms with van der Waals surface area (Å²) in [6.45, 7) is 4.68. The van der Waals surface area contributed by atoms with E-state index in [1.807, 2.05) is 32.0 Å². The Balaban J connectivity index is 2.06. The van der Waals surface area contributed by atoms with Crippen molar-refractivity contribution in [2.75, 3.05) is 6.61 Å². The highest BCUT2D eigenvalue weighted by Crippen LogP contribution is 2.34. The van der Waals surface area contributed by atoms with Crippen LogP contribution in [0, 0.1) is 0 Å². The second-order valence-corrected chi connectivity index (χ2v) is 5.96. The minimum absolute atomic E-state index is 0.166. The van der Waals surface area contributed by atoms with Gasteiger partial charge in [-0.15, -0.1) is 11.8 Å². The summed E-state index contributed by atoms with van der Waals surface area (Å²) in [4.78, 5) is 11.5. The third-order valence-corrected chi connectivity index (χ3v) is 4.39. The van der Waals surface area contributed by atoms with Gasteiger partial charge in [-0.25, -0.2) is 0 Å². The maximum absolute atomic E-state index is 11.5. The Morgan fingerprint density at radius 1 is 1.41 bits per heavy atom. The molecule has 0 aromatic heterocycles. The molecular formula is C14H18O2S. The lowest BCUT2D eigenvalue weighted by Crippen LogP contribution is -2.06. The van der Waals surface area contributed by atoms with E-state index in [2.05, 4.69) is 6.07 Å². The predicted molar refractivity (Wildman–Crippen MR) is 71.8 cm³/mol. The van der Waals surface area contributed by atoms with E-state index in [-0.39, 0.29) is 5.25 Å². The van der Waals surface area contributed by atoms with Gasteiger partial charge in [-0.3, -0.25) is 4.79 Å². The van der Waals surface area contributed by atoms with Crippen LogP contribution >= 0.6 is 11.8 Å². The van der Waals surface area contributed by atoms with Gasteiger partial charge < -0.3 is 4.74 Å². The molecule has 17 heavy (non-hydrogen) atoms. The fraction of sp³-hybridized carbons (Fsp3) is 0.500. The average molecular weight is 250 g/mol. The third kappa shape index (κ3) is 3.03. The zero-order valence-electron chi connectivity index (χ0n) is 10.3. The topological polar surface area (TPSA) is 26.3 Å². The number of hydrogen-bond acceptors (Lipinski definition) is 3. The summed E-state index contributed by atoms with van der Waals surface area (Å²) >= 11 is 1.79. The Morgan fingerprint density at radius 3 is 2.82 bits per heavy atom. The number of ketones is 1. The van der Waals surface area contributed by atoms with E-state index in [0.717, 1.165) is 12.2 Å². The van der Waals surface area contributed by atoms with E-state index in [1.165, 1.54) is 5.56 Å². The summed E-state index contributed by atoms with van der Waals surface area (Å²) in [6.07, 6.45) is 1.63. The molecule has 2 rings (SSSR count). The number of Topliss-reactive ketones (excluding diaryl/α,β-unsaturated/α-hetero) is 1. The Hall–Kier alpha value is -0.960. The van der Waals surface area contributed by atoms with Gasteiger partial charge in [0.1, 0.15) is 11.5 Å². The molecule has 1 aliphatic heterocycles. The van der Waals surface area contributed by atoms with Gasteiger partial charge in [-0.05, 0) is 31.9 Å². The first-order chi connectivity index (χ1) is 8.20. The van der Waals surface area contributed by atoms with E-state index in [1.54, 1.807) is 11.8 Å². The largest absolute Gasteiger partial charge is 0.494 e. The molecule has 1 aromatic rings. The molecule has 3 heteroatoms. The molecule has 0 N–H and O–H groups in total. The van der Waals surface area contributed by atoms with Gasteiger partial charge in [0.2, 0.25) is 0 Å². The van der Waals surface area contributed by atoms with Crippen molar-refractivity contribution < 1.29 is 9.53 Å². The van der Waals surface area contributed by atoms with Crippen LogP contribution in [0.25, 0.3) is 0 Å². The number of carbonyl (C=O) groups excluding carboxylic acids is 1. The SMILES string of the molecule is CCOc1ccccc1CC1CC(=O)C(C)S1. The minimum Gasteiger partial charge on any atom is -0.494 e. The number of thioether (sulfide) groups is 1. The fourth-order valence-corrected chi connectivity index (χ4v) is 3.50. The molecule has 0 aliphatic carbocycles. The van der Waals surface area contributed by atoms with Crippen LogP contribution in [0.15, 0.2) is 24.3 Å². The molecule has 0 bridgehead atoms. The van der Waals surface area contributed by atoms with Crippen LogP contribution < -0.4 is 4.74 Å². The zero-order chi connectivity index (χ0) is 12.3. The van der Waals surface area contributed by atoms with Crippen LogP contribution in [0.2, 0.25) is 0 Å². The summed E-state index contributed by atoms with van der Waals surface area (Å²) in [5.41, 5.74) is 1.22. The molecule has 2 nitrogen and oxygen atoms in total. The van der Waals surface area contributed by atoms with E-state index >= 15 is 0 Å². The summed E-state index contributed by atoms with van der Waals surface area (Å²) in [7, 11) is 0. The van der Waals surface area contributed by atoms with Crippen molar-refractivity contribution in [3.05, 3.63) is 29.8 Å². The molecule has 1 fully saturated rings. The van der Waals surface area contributed by atoms with Crippen molar-refractivity contribution in [3.63, 3.8) is 0 Å². The Labute approximate surface area is 107 Å². The van der Waals surface area contributed by atoms with Crippen molar-refractivity contribution in [2.45, 2.75) is 37.2 Å². The molecular weight excluding hydrogens is 232 g/mol. The van der Waals surface area contributed by atoms with Crippen molar-refractivity contribution >= 4 is 17.5 Å². The number of para-hydroxylation sites is 1. The van der Waals surface area contributed by atoms with Crippen LogP contribution in [0.5, 0.6) is 5.75 Å². The van der Waals surface area contributed by atoms with Crippen LogP contribution in [-0.2, 0) is 11.2 Å². The quantitative estimate of drug-likeness (QED) is 0.821. The standard InChI is InChI=1S/C14H18O2S/c1-3-16-14-7-5-4-6-11(14)8-12-9-13(15)10(2)17-12/h4-7,10,12H,3,8-9H2,1-2H3. The van der Waals surface area contributed by atoms with Crippen molar-refractivity contribution in [2.24, 2.45) is 0 Å². The molecule has 2 atom stereocenters. The molecule has 0 saturated carbocycles. The highest BCUT2D eigenvalue weighted by molar-refractivity contribution is 8.01. The van der Waals surface area contributed by atoms with Crippen LogP contribution in [0.4, 0.5) is 0 Å². The average Bonchev–Trinajstić information content (AvgIpc) is 2.61. The highest BCUT2D eigenvalue weighted by atomic mass is 32.2. The number of rotatable bonds is 4. The Bertz CT molecular complexity index is 403. The lowest BCUT2D eigenvalue weighted by atomic mass is 10.0. The van der Waals surface area contributed by atoms with Gasteiger partial charge >= 0.3 is 0 Å². The summed E-state index contributed by atoms with van der Waals surface area (Å²) < 4.78 is 5.61. The second kappa shape index (κ2) is 5.58. The molecule has 92 valence electrons. The molecule has 2 unspecified atom stereocenters. The van der Waals surface area contributed by atoms with Crippen molar-refractivity contribution in [1.29, 1.82) is 0 Å². The maximum Gasteiger partial charge on any atom is 0.146 e. The Morgan fingerprint density at radius 2 is 2.18 bits per heavy atom. The molecule has 0 amide bonds. The van der Waals surface area contributed by atoms with Crippen LogP contribution in [0.3, 0.4) is 0 Å². The van der Waals surface area contributed by atoms with Gasteiger partial charge in [-0.2, -0.15) is 0 Å². The number of carbonyl (C=O) groups is 1. The summed E-state index contributed by atoms with van der Waals surface area (Å²) in [6, 6.07) is 8.12. The molecule has 1 aliphatic rings. The Kier molecular flexibility index (Phi) is 4.11. The summed E-state index contributed by atoms with van der Waals surface area (Å²) in [5, 5.41) is 0.582. The molecule has 1 aromatic carbocycles. The zero-order valence-corrected chi connectivity index (χ0v) is 11.1. The van der Waals surface area contributed by atoms with Crippen molar-refractivity contribution in [3.8, 4) is 5.75 Å². The van der Waals surface area contributed by atoms with E-state index in [4.69, 9.17) is 4.74 Å². The molecule has 0 spiro atoms. The molecule has 1 saturated heterocycles. The molecule has 1 heterocycles. The first-order valence-electron chi connectivity index (χ1n) is 6.09. The van der Waals surface area contributed by atoms with Crippen LogP contribution in [-0.4, -0.2) is 22.9 Å². The monoisotopic (exact) mass is 250 g/mol. The first-order valence-corrected chi connectivity index (χ1v) is 7.04. The van der Waals surface area contributed by atoms with Crippen LogP contribution in [0.1, 0.15) is 25.8 Å². The highest BCUT2D eigenvalue weighted by Gasteiger charge is 2.30. The van der Waals surface area contributed by atoms with Gasteiger partial charge in [0, 0.05) is 11.7 Å². The normalized spacial score (nSPS) is 24.0. The number of benzene rings is 1. The van der Waals surface area contributed by atoms with E-state index in [0.29, 0.717) is 24.1 Å². The lowest BCUT2D eigenvalue weighted by molar-refractivity contribution is -0.117. The first kappa shape index (κ1) is 12.5. The van der Waals surface area contributed by atoms with Gasteiger partial charge in [-0.1, -0.05) is 18.2 Å². The predicted octanol–water partition coefficient (Wildman–Crippen LogP) is 3.09. The van der Waals surface area contributed by atoms with Gasteiger partial charge in [0.25, 0.3) is 0 Å². The number of ether oxygens (including phenoxy) is 1. The van der Waals surface area contributed by atoms with Gasteiger partial charge in [0.15, 0.2) is 0 Å². The third-order valence-electron chi connectivity index (χ3n) is 3.00. The minimum atomic E-state index is 0.166. The lowest BCUT2D eigenvalue weighted by Gasteiger charge is -2.13. The second-order valence-electron chi connectivity index (χ2n) is 4.32. The van der Waals surface area contributed by atoms with Gasteiger partial charge in [0.05, 0.1) is 11.9 Å². The fourth-order valence-electron chi connectivity index (χ4n) is 2.14. The summed E-state index contributed by atoms with van der Waals surface area (Å²) in [5.74, 6) is 1.34. The number of hydrogen-bond donors (Lipinski definition) is 0. The maximum atomic E-state index is 11.5. The van der Waals surface area contributed by atoms with Crippen molar-refractivity contribution in [1.82, 2.24) is 0 Å². The van der Waals surface area contributed by atoms with E-state index in [9.17, 15) is 4.79 Å². The smallest absolute Gasteiger partial charge is 0.146 e. The molecule has 0 radical (unpaired) electrons. The van der Waals surface area contributed by atoms with E-state index < -0.39 is 0 Å².